The SMILES string of the molecule is Clc1ccc(CN/N=C\c2c(OCc3cccc(Cl)c3)ccc3ccccc23)cc1. The van der Waals surface area contributed by atoms with E-state index in [1.807, 2.05) is 72.9 Å². The summed E-state index contributed by atoms with van der Waals surface area (Å²) in [4.78, 5) is 0. The highest BCUT2D eigenvalue weighted by molar-refractivity contribution is 6.30. The van der Waals surface area contributed by atoms with E-state index < -0.39 is 0 Å². The average Bonchev–Trinajstić information content (AvgIpc) is 2.77. The largest absolute Gasteiger partial charge is 0.488 e. The molecule has 0 heterocycles. The summed E-state index contributed by atoms with van der Waals surface area (Å²) >= 11 is 12.0. The van der Waals surface area contributed by atoms with Gasteiger partial charge in [0.1, 0.15) is 12.4 Å². The molecule has 0 fully saturated rings. The Hall–Kier alpha value is -3.01. The molecule has 30 heavy (non-hydrogen) atoms. The molecule has 0 atom stereocenters. The van der Waals surface area contributed by atoms with Crippen molar-refractivity contribution >= 4 is 40.2 Å². The lowest BCUT2D eigenvalue weighted by atomic mass is 10.0. The van der Waals surface area contributed by atoms with Crippen LogP contribution >= 0.6 is 23.2 Å². The van der Waals surface area contributed by atoms with Crippen molar-refractivity contribution in [3.05, 3.63) is 112 Å². The first-order valence-corrected chi connectivity index (χ1v) is 10.3. The van der Waals surface area contributed by atoms with E-state index in [2.05, 4.69) is 28.7 Å². The third-order valence-corrected chi connectivity index (χ3v) is 5.18. The lowest BCUT2D eigenvalue weighted by Crippen LogP contribution is -2.06. The molecule has 0 saturated heterocycles. The van der Waals surface area contributed by atoms with E-state index in [9.17, 15) is 0 Å². The number of hydrogen-bond acceptors (Lipinski definition) is 3. The minimum Gasteiger partial charge on any atom is -0.488 e. The molecule has 1 N–H and O–H groups in total. The summed E-state index contributed by atoms with van der Waals surface area (Å²) in [6.07, 6.45) is 1.81. The van der Waals surface area contributed by atoms with Crippen molar-refractivity contribution in [1.82, 2.24) is 5.43 Å². The second-order valence-electron chi connectivity index (χ2n) is 6.84. The molecule has 0 bridgehead atoms. The standard InChI is InChI=1S/C25H20Cl2N2O/c26-21-11-8-18(9-12-21)15-28-29-16-24-23-7-2-1-5-20(23)10-13-25(24)30-17-19-4-3-6-22(27)14-19/h1-14,16,28H,15,17H2/b29-16-. The number of nitrogens with one attached hydrogen (secondary N) is 1. The van der Waals surface area contributed by atoms with Gasteiger partial charge in [0.15, 0.2) is 0 Å². The van der Waals surface area contributed by atoms with Gasteiger partial charge in [-0.05, 0) is 52.2 Å². The predicted molar refractivity (Wildman–Crippen MR) is 126 cm³/mol. The van der Waals surface area contributed by atoms with Crippen molar-refractivity contribution in [1.29, 1.82) is 0 Å². The molecule has 0 aliphatic carbocycles. The number of benzene rings is 4. The number of ether oxygens (including phenoxy) is 1. The smallest absolute Gasteiger partial charge is 0.129 e. The Kier molecular flexibility index (Phi) is 6.53. The molecule has 0 amide bonds. The van der Waals surface area contributed by atoms with Crippen LogP contribution < -0.4 is 10.2 Å². The lowest BCUT2D eigenvalue weighted by Gasteiger charge is -2.12. The minimum atomic E-state index is 0.429. The Labute approximate surface area is 185 Å². The summed E-state index contributed by atoms with van der Waals surface area (Å²) in [5, 5.41) is 8.06. The van der Waals surface area contributed by atoms with Crippen molar-refractivity contribution < 1.29 is 4.74 Å². The van der Waals surface area contributed by atoms with Gasteiger partial charge in [-0.15, -0.1) is 0 Å². The quantitative estimate of drug-likeness (QED) is 0.254. The van der Waals surface area contributed by atoms with Gasteiger partial charge in [-0.3, -0.25) is 0 Å². The summed E-state index contributed by atoms with van der Waals surface area (Å²) in [5.74, 6) is 0.769. The van der Waals surface area contributed by atoms with Gasteiger partial charge in [0.2, 0.25) is 0 Å². The van der Waals surface area contributed by atoms with Gasteiger partial charge >= 0.3 is 0 Å². The second-order valence-corrected chi connectivity index (χ2v) is 7.71. The Balaban J connectivity index is 1.54. The van der Waals surface area contributed by atoms with E-state index in [0.717, 1.165) is 38.2 Å². The highest BCUT2D eigenvalue weighted by atomic mass is 35.5. The van der Waals surface area contributed by atoms with Crippen LogP contribution in [0.25, 0.3) is 10.8 Å². The molecule has 0 unspecified atom stereocenters. The average molecular weight is 435 g/mol. The number of fused-ring (bicyclic) bond motifs is 1. The summed E-state index contributed by atoms with van der Waals surface area (Å²) in [6.45, 7) is 1.04. The van der Waals surface area contributed by atoms with Crippen LogP contribution in [-0.4, -0.2) is 6.21 Å². The molecule has 3 nitrogen and oxygen atoms in total. The fraction of sp³-hybridized carbons (Fsp3) is 0.0800. The van der Waals surface area contributed by atoms with Crippen molar-refractivity contribution in [2.24, 2.45) is 5.10 Å². The van der Waals surface area contributed by atoms with E-state index in [4.69, 9.17) is 27.9 Å². The van der Waals surface area contributed by atoms with Crippen LogP contribution in [0.3, 0.4) is 0 Å². The summed E-state index contributed by atoms with van der Waals surface area (Å²) in [5.41, 5.74) is 6.14. The van der Waals surface area contributed by atoms with E-state index in [1.54, 1.807) is 0 Å². The fourth-order valence-corrected chi connectivity index (χ4v) is 3.51. The number of hydrogen-bond donors (Lipinski definition) is 1. The highest BCUT2D eigenvalue weighted by Crippen LogP contribution is 2.27. The number of rotatable bonds is 7. The molecular weight excluding hydrogens is 415 g/mol. The van der Waals surface area contributed by atoms with Crippen molar-refractivity contribution in [2.75, 3.05) is 0 Å². The van der Waals surface area contributed by atoms with Gasteiger partial charge in [-0.1, -0.05) is 77.8 Å². The zero-order chi connectivity index (χ0) is 20.8. The first-order chi connectivity index (χ1) is 14.7. The van der Waals surface area contributed by atoms with Gasteiger partial charge in [0.25, 0.3) is 0 Å². The topological polar surface area (TPSA) is 33.6 Å². The molecule has 0 saturated carbocycles. The summed E-state index contributed by atoms with van der Waals surface area (Å²) < 4.78 is 6.12. The van der Waals surface area contributed by atoms with E-state index in [-0.39, 0.29) is 0 Å². The molecule has 4 aromatic carbocycles. The van der Waals surface area contributed by atoms with Crippen molar-refractivity contribution in [3.8, 4) is 5.75 Å². The van der Waals surface area contributed by atoms with E-state index in [0.29, 0.717) is 18.2 Å². The first kappa shape index (κ1) is 20.3. The second kappa shape index (κ2) is 9.66. The van der Waals surface area contributed by atoms with E-state index >= 15 is 0 Å². The molecule has 5 heteroatoms. The van der Waals surface area contributed by atoms with Crippen LogP contribution in [0.2, 0.25) is 10.0 Å². The Morgan fingerprint density at radius 3 is 2.47 bits per heavy atom. The number of hydrazone groups is 1. The molecule has 4 aromatic rings. The Morgan fingerprint density at radius 1 is 0.800 bits per heavy atom. The van der Waals surface area contributed by atoms with Crippen LogP contribution in [0, 0.1) is 0 Å². The van der Waals surface area contributed by atoms with Gasteiger partial charge in [-0.2, -0.15) is 5.10 Å². The fourth-order valence-electron chi connectivity index (χ4n) is 3.17. The van der Waals surface area contributed by atoms with Crippen LogP contribution in [0.5, 0.6) is 5.75 Å². The molecule has 0 aliphatic rings. The molecule has 150 valence electrons. The zero-order valence-electron chi connectivity index (χ0n) is 16.2. The molecule has 0 spiro atoms. The number of halogens is 2. The molecule has 0 aliphatic heterocycles. The van der Waals surface area contributed by atoms with Gasteiger partial charge in [0, 0.05) is 15.6 Å². The van der Waals surface area contributed by atoms with Gasteiger partial charge in [-0.25, -0.2) is 0 Å². The molecule has 0 aromatic heterocycles. The third kappa shape index (κ3) is 5.12. The zero-order valence-corrected chi connectivity index (χ0v) is 17.7. The van der Waals surface area contributed by atoms with Crippen LogP contribution in [-0.2, 0) is 13.2 Å². The van der Waals surface area contributed by atoms with Gasteiger partial charge < -0.3 is 10.2 Å². The summed E-state index contributed by atoms with van der Waals surface area (Å²) in [7, 11) is 0. The van der Waals surface area contributed by atoms with Crippen LogP contribution in [0.4, 0.5) is 0 Å². The van der Waals surface area contributed by atoms with E-state index in [1.165, 1.54) is 0 Å². The maximum absolute atomic E-state index is 6.12. The number of nitrogens with zero attached hydrogens (tertiary/aromatic N) is 1. The highest BCUT2D eigenvalue weighted by Gasteiger charge is 2.08. The van der Waals surface area contributed by atoms with Crippen molar-refractivity contribution in [2.45, 2.75) is 13.2 Å². The molecule has 4 rings (SSSR count). The minimum absolute atomic E-state index is 0.429. The molecule has 0 radical (unpaired) electrons. The Morgan fingerprint density at radius 2 is 1.63 bits per heavy atom. The summed E-state index contributed by atoms with van der Waals surface area (Å²) in [6, 6.07) is 27.6. The Bertz CT molecular complexity index is 1170. The van der Waals surface area contributed by atoms with Gasteiger partial charge in [0.05, 0.1) is 12.8 Å². The monoisotopic (exact) mass is 434 g/mol. The normalized spacial score (nSPS) is 11.1. The maximum atomic E-state index is 6.12. The molecular formula is C25H20Cl2N2O. The first-order valence-electron chi connectivity index (χ1n) is 9.58. The van der Waals surface area contributed by atoms with Crippen molar-refractivity contribution in [3.63, 3.8) is 0 Å². The lowest BCUT2D eigenvalue weighted by molar-refractivity contribution is 0.306. The van der Waals surface area contributed by atoms with Crippen LogP contribution in [0.15, 0.2) is 90.0 Å². The van der Waals surface area contributed by atoms with Crippen LogP contribution in [0.1, 0.15) is 16.7 Å². The maximum Gasteiger partial charge on any atom is 0.129 e. The predicted octanol–water partition coefficient (Wildman–Crippen LogP) is 6.85. The third-order valence-electron chi connectivity index (χ3n) is 4.70.